The summed E-state index contributed by atoms with van der Waals surface area (Å²) in [4.78, 5) is 17.9. The van der Waals surface area contributed by atoms with E-state index in [1.54, 1.807) is 13.2 Å². The number of furan rings is 1. The Bertz CT molecular complexity index is 1500. The van der Waals surface area contributed by atoms with Crippen LogP contribution in [0, 0.1) is 6.92 Å². The van der Waals surface area contributed by atoms with Gasteiger partial charge in [0.2, 0.25) is 10.8 Å². The topological polar surface area (TPSA) is 69.6 Å². The van der Waals surface area contributed by atoms with Gasteiger partial charge >= 0.3 is 0 Å². The number of thiazole rings is 1. The van der Waals surface area contributed by atoms with Gasteiger partial charge < -0.3 is 9.15 Å². The highest BCUT2D eigenvalue weighted by molar-refractivity contribution is 9.10. The van der Waals surface area contributed by atoms with Gasteiger partial charge in [-0.2, -0.15) is 9.50 Å². The molecule has 3 aromatic heterocycles. The SMILES string of the molecule is COc1ccc(Br)cc1C=c1sc2nc(-c3oc4ccccc4c3C)nn2c1=O. The van der Waals surface area contributed by atoms with E-state index < -0.39 is 0 Å². The second-order valence-electron chi connectivity index (χ2n) is 6.48. The first-order valence-electron chi connectivity index (χ1n) is 8.78. The summed E-state index contributed by atoms with van der Waals surface area (Å²) in [7, 11) is 1.60. The van der Waals surface area contributed by atoms with E-state index in [0.29, 0.717) is 26.8 Å². The van der Waals surface area contributed by atoms with Crippen molar-refractivity contribution in [2.24, 2.45) is 0 Å². The predicted molar refractivity (Wildman–Crippen MR) is 117 cm³/mol. The maximum atomic E-state index is 12.9. The van der Waals surface area contributed by atoms with Crippen LogP contribution in [0.2, 0.25) is 0 Å². The van der Waals surface area contributed by atoms with Crippen LogP contribution in [0.1, 0.15) is 11.1 Å². The fourth-order valence-electron chi connectivity index (χ4n) is 3.28. The first-order valence-corrected chi connectivity index (χ1v) is 10.4. The summed E-state index contributed by atoms with van der Waals surface area (Å²) in [6.45, 7) is 1.97. The Balaban J connectivity index is 1.65. The fourth-order valence-corrected chi connectivity index (χ4v) is 4.55. The van der Waals surface area contributed by atoms with Gasteiger partial charge in [0.25, 0.3) is 5.56 Å². The molecule has 0 aliphatic carbocycles. The average molecular weight is 468 g/mol. The number of benzene rings is 2. The van der Waals surface area contributed by atoms with Gasteiger partial charge in [0.1, 0.15) is 11.3 Å². The quantitative estimate of drug-likeness (QED) is 0.397. The van der Waals surface area contributed by atoms with Crippen LogP contribution in [0.15, 0.2) is 56.1 Å². The van der Waals surface area contributed by atoms with Crippen molar-refractivity contribution in [3.63, 3.8) is 0 Å². The van der Waals surface area contributed by atoms with Crippen molar-refractivity contribution in [2.75, 3.05) is 7.11 Å². The van der Waals surface area contributed by atoms with Crippen molar-refractivity contribution in [1.29, 1.82) is 0 Å². The Morgan fingerprint density at radius 1 is 1.24 bits per heavy atom. The fraction of sp³-hybridized carbons (Fsp3) is 0.0952. The molecule has 0 N–H and O–H groups in total. The van der Waals surface area contributed by atoms with Crippen molar-refractivity contribution >= 4 is 49.3 Å². The molecule has 0 aliphatic rings. The van der Waals surface area contributed by atoms with Gasteiger partial charge in [-0.15, -0.1) is 5.10 Å². The molecule has 6 nitrogen and oxygen atoms in total. The summed E-state index contributed by atoms with van der Waals surface area (Å²) >= 11 is 4.73. The zero-order valence-electron chi connectivity index (χ0n) is 15.5. The van der Waals surface area contributed by atoms with Gasteiger partial charge in [-0.3, -0.25) is 4.79 Å². The van der Waals surface area contributed by atoms with E-state index in [-0.39, 0.29) is 5.56 Å². The van der Waals surface area contributed by atoms with Gasteiger partial charge in [0, 0.05) is 21.0 Å². The molecule has 0 saturated carbocycles. The number of nitrogens with zero attached hydrogens (tertiary/aromatic N) is 3. The highest BCUT2D eigenvalue weighted by atomic mass is 79.9. The van der Waals surface area contributed by atoms with Crippen molar-refractivity contribution < 1.29 is 9.15 Å². The second-order valence-corrected chi connectivity index (χ2v) is 8.41. The van der Waals surface area contributed by atoms with Crippen LogP contribution < -0.4 is 14.8 Å². The van der Waals surface area contributed by atoms with Gasteiger partial charge in [0.15, 0.2) is 5.76 Å². The summed E-state index contributed by atoms with van der Waals surface area (Å²) < 4.78 is 14.1. The third kappa shape index (κ3) is 2.95. The number of fused-ring (bicyclic) bond motifs is 2. The molecule has 8 heteroatoms. The predicted octanol–water partition coefficient (Wildman–Crippen LogP) is 4.19. The zero-order chi connectivity index (χ0) is 20.1. The minimum Gasteiger partial charge on any atom is -0.496 e. The van der Waals surface area contributed by atoms with Gasteiger partial charge in [-0.05, 0) is 37.3 Å². The average Bonchev–Trinajstić information content (AvgIpc) is 3.36. The second kappa shape index (κ2) is 6.82. The Labute approximate surface area is 177 Å². The number of hydrogen-bond donors (Lipinski definition) is 0. The third-order valence-electron chi connectivity index (χ3n) is 4.71. The van der Waals surface area contributed by atoms with E-state index in [4.69, 9.17) is 9.15 Å². The van der Waals surface area contributed by atoms with Crippen LogP contribution >= 0.6 is 27.3 Å². The first-order chi connectivity index (χ1) is 14.0. The number of aromatic nitrogens is 3. The molecule has 0 atom stereocenters. The van der Waals surface area contributed by atoms with E-state index in [0.717, 1.165) is 26.6 Å². The lowest BCUT2D eigenvalue weighted by Crippen LogP contribution is -2.23. The highest BCUT2D eigenvalue weighted by Crippen LogP contribution is 2.31. The monoisotopic (exact) mass is 467 g/mol. The maximum Gasteiger partial charge on any atom is 0.291 e. The first kappa shape index (κ1) is 18.1. The lowest BCUT2D eigenvalue weighted by molar-refractivity contribution is 0.414. The third-order valence-corrected chi connectivity index (χ3v) is 6.16. The Morgan fingerprint density at radius 3 is 2.83 bits per heavy atom. The summed E-state index contributed by atoms with van der Waals surface area (Å²) in [5.74, 6) is 1.68. The number of rotatable bonds is 3. The number of methoxy groups -OCH3 is 1. The molecule has 5 rings (SSSR count). The van der Waals surface area contributed by atoms with Crippen molar-refractivity contribution in [3.05, 3.63) is 73.0 Å². The molecule has 0 spiro atoms. The van der Waals surface area contributed by atoms with Crippen LogP contribution in [-0.2, 0) is 0 Å². The molecule has 0 unspecified atom stereocenters. The number of halogens is 1. The summed E-state index contributed by atoms with van der Waals surface area (Å²) in [5, 5.41) is 5.42. The molecule has 144 valence electrons. The van der Waals surface area contributed by atoms with Crippen molar-refractivity contribution in [1.82, 2.24) is 14.6 Å². The van der Waals surface area contributed by atoms with Gasteiger partial charge in [-0.1, -0.05) is 45.5 Å². The lowest BCUT2D eigenvalue weighted by Gasteiger charge is -2.04. The molecule has 0 fully saturated rings. The molecule has 0 aliphatic heterocycles. The molecule has 0 radical (unpaired) electrons. The van der Waals surface area contributed by atoms with Crippen LogP contribution in [0.25, 0.3) is 33.6 Å². The standard InChI is InChI=1S/C21H14BrN3O3S/c1-11-14-5-3-4-6-16(14)28-18(11)19-23-21-25(24-19)20(26)17(29-21)10-12-9-13(22)7-8-15(12)27-2/h3-10H,1-2H3. The molecule has 0 bridgehead atoms. The minimum absolute atomic E-state index is 0.223. The highest BCUT2D eigenvalue weighted by Gasteiger charge is 2.19. The normalized spacial score (nSPS) is 12.3. The summed E-state index contributed by atoms with van der Waals surface area (Å²) in [5.41, 5.74) is 2.31. The van der Waals surface area contributed by atoms with Gasteiger partial charge in [0.05, 0.1) is 11.6 Å². The maximum absolute atomic E-state index is 12.9. The molecule has 2 aromatic carbocycles. The molecular formula is C21H14BrN3O3S. The Hall–Kier alpha value is -2.97. The summed E-state index contributed by atoms with van der Waals surface area (Å²) in [6, 6.07) is 13.4. The Kier molecular flexibility index (Phi) is 4.25. The van der Waals surface area contributed by atoms with E-state index in [2.05, 4.69) is 26.0 Å². The van der Waals surface area contributed by atoms with Crippen LogP contribution in [-0.4, -0.2) is 21.7 Å². The number of hydrogen-bond acceptors (Lipinski definition) is 6. The summed E-state index contributed by atoms with van der Waals surface area (Å²) in [6.07, 6.45) is 1.79. The molecule has 0 saturated heterocycles. The largest absolute Gasteiger partial charge is 0.496 e. The number of para-hydroxylation sites is 1. The van der Waals surface area contributed by atoms with Crippen LogP contribution in [0.3, 0.4) is 0 Å². The molecule has 3 heterocycles. The molecule has 5 aromatic rings. The van der Waals surface area contributed by atoms with Crippen molar-refractivity contribution in [3.8, 4) is 17.3 Å². The lowest BCUT2D eigenvalue weighted by atomic mass is 10.1. The van der Waals surface area contributed by atoms with E-state index >= 15 is 0 Å². The smallest absolute Gasteiger partial charge is 0.291 e. The molecule has 29 heavy (non-hydrogen) atoms. The van der Waals surface area contributed by atoms with Crippen molar-refractivity contribution in [2.45, 2.75) is 6.92 Å². The van der Waals surface area contributed by atoms with Crippen LogP contribution in [0.4, 0.5) is 0 Å². The van der Waals surface area contributed by atoms with Crippen LogP contribution in [0.5, 0.6) is 5.75 Å². The number of aryl methyl sites for hydroxylation is 1. The van der Waals surface area contributed by atoms with E-state index in [9.17, 15) is 4.79 Å². The minimum atomic E-state index is -0.223. The van der Waals surface area contributed by atoms with E-state index in [1.165, 1.54) is 15.9 Å². The van der Waals surface area contributed by atoms with E-state index in [1.807, 2.05) is 49.4 Å². The zero-order valence-corrected chi connectivity index (χ0v) is 17.9. The molecule has 0 amide bonds. The molecular weight excluding hydrogens is 454 g/mol. The van der Waals surface area contributed by atoms with Gasteiger partial charge in [-0.25, -0.2) is 0 Å². The number of ether oxygens (including phenoxy) is 1. The Morgan fingerprint density at radius 2 is 2.07 bits per heavy atom.